The SMILES string of the molecule is COC[C@H](C(=O)OC)[C@H](C)[Si](C)(C)c1ccccc1. The van der Waals surface area contributed by atoms with Crippen molar-refractivity contribution in [1.82, 2.24) is 0 Å². The van der Waals surface area contributed by atoms with Crippen molar-refractivity contribution in [1.29, 1.82) is 0 Å². The Morgan fingerprint density at radius 3 is 2.26 bits per heavy atom. The van der Waals surface area contributed by atoms with Gasteiger partial charge in [0.2, 0.25) is 0 Å². The molecule has 0 heterocycles. The van der Waals surface area contributed by atoms with Crippen molar-refractivity contribution in [2.75, 3.05) is 20.8 Å². The number of rotatable bonds is 6. The monoisotopic (exact) mass is 280 g/mol. The van der Waals surface area contributed by atoms with E-state index in [9.17, 15) is 4.79 Å². The molecule has 0 aliphatic rings. The fraction of sp³-hybridized carbons (Fsp3) is 0.533. The predicted octanol–water partition coefficient (Wildman–Crippen LogP) is 2.43. The van der Waals surface area contributed by atoms with Gasteiger partial charge >= 0.3 is 5.97 Å². The minimum Gasteiger partial charge on any atom is -0.469 e. The first-order chi connectivity index (χ1) is 8.95. The van der Waals surface area contributed by atoms with Crippen LogP contribution in [0.3, 0.4) is 0 Å². The van der Waals surface area contributed by atoms with Crippen molar-refractivity contribution < 1.29 is 14.3 Å². The molecule has 0 saturated carbocycles. The van der Waals surface area contributed by atoms with Crippen molar-refractivity contribution in [2.24, 2.45) is 5.92 Å². The van der Waals surface area contributed by atoms with Gasteiger partial charge in [-0.25, -0.2) is 0 Å². The van der Waals surface area contributed by atoms with Gasteiger partial charge < -0.3 is 9.47 Å². The molecule has 0 aliphatic carbocycles. The highest BCUT2D eigenvalue weighted by molar-refractivity contribution is 6.91. The summed E-state index contributed by atoms with van der Waals surface area (Å²) < 4.78 is 10.1. The lowest BCUT2D eigenvalue weighted by Gasteiger charge is -2.34. The van der Waals surface area contributed by atoms with Crippen LogP contribution in [0.15, 0.2) is 30.3 Å². The number of carbonyl (C=O) groups excluding carboxylic acids is 1. The van der Waals surface area contributed by atoms with Crippen molar-refractivity contribution in [3.8, 4) is 0 Å². The summed E-state index contributed by atoms with van der Waals surface area (Å²) in [4.78, 5) is 11.9. The highest BCUT2D eigenvalue weighted by atomic mass is 28.3. The van der Waals surface area contributed by atoms with E-state index in [0.29, 0.717) is 6.61 Å². The van der Waals surface area contributed by atoms with Gasteiger partial charge in [-0.15, -0.1) is 0 Å². The Kier molecular flexibility index (Phi) is 5.75. The van der Waals surface area contributed by atoms with Crippen LogP contribution < -0.4 is 5.19 Å². The van der Waals surface area contributed by atoms with Crippen LogP contribution in [-0.4, -0.2) is 34.9 Å². The second-order valence-electron chi connectivity index (χ2n) is 5.46. The molecule has 19 heavy (non-hydrogen) atoms. The number of carbonyl (C=O) groups is 1. The van der Waals surface area contributed by atoms with Gasteiger partial charge in [0.25, 0.3) is 0 Å². The lowest BCUT2D eigenvalue weighted by molar-refractivity contribution is -0.147. The number of esters is 1. The zero-order chi connectivity index (χ0) is 14.5. The van der Waals surface area contributed by atoms with Gasteiger partial charge in [-0.3, -0.25) is 4.79 Å². The molecule has 0 amide bonds. The lowest BCUT2D eigenvalue weighted by atomic mass is 10.1. The minimum atomic E-state index is -1.74. The van der Waals surface area contributed by atoms with Crippen LogP contribution in [0.25, 0.3) is 0 Å². The Morgan fingerprint density at radius 2 is 1.79 bits per heavy atom. The molecule has 3 nitrogen and oxygen atoms in total. The maximum atomic E-state index is 11.9. The zero-order valence-corrected chi connectivity index (χ0v) is 13.5. The highest BCUT2D eigenvalue weighted by Gasteiger charge is 2.39. The largest absolute Gasteiger partial charge is 0.469 e. The summed E-state index contributed by atoms with van der Waals surface area (Å²) in [7, 11) is 1.32. The normalized spacial score (nSPS) is 14.8. The molecule has 0 bridgehead atoms. The molecule has 0 aliphatic heterocycles. The van der Waals surface area contributed by atoms with E-state index < -0.39 is 8.07 Å². The van der Waals surface area contributed by atoms with Crippen LogP contribution in [0.1, 0.15) is 6.92 Å². The first-order valence-corrected chi connectivity index (χ1v) is 9.65. The third kappa shape index (κ3) is 3.67. The molecule has 0 aromatic heterocycles. The molecule has 4 heteroatoms. The number of methoxy groups -OCH3 is 2. The molecule has 0 saturated heterocycles. The number of hydrogen-bond donors (Lipinski definition) is 0. The molecular formula is C15H24O3Si. The second-order valence-corrected chi connectivity index (χ2v) is 10.4. The third-order valence-corrected chi connectivity index (χ3v) is 8.61. The summed E-state index contributed by atoms with van der Waals surface area (Å²) in [5, 5.41) is 1.35. The molecule has 2 atom stereocenters. The van der Waals surface area contributed by atoms with Gasteiger partial charge in [0, 0.05) is 7.11 Å². The standard InChI is InChI=1S/C15H24O3Si/c1-12(14(11-17-2)15(16)18-3)19(4,5)13-9-7-6-8-10-13/h6-10,12,14H,11H2,1-5H3/t12-,14-/m0/s1. The first-order valence-electron chi connectivity index (χ1n) is 6.57. The van der Waals surface area contributed by atoms with E-state index in [-0.39, 0.29) is 17.4 Å². The van der Waals surface area contributed by atoms with E-state index in [1.807, 2.05) is 6.07 Å². The zero-order valence-electron chi connectivity index (χ0n) is 12.5. The van der Waals surface area contributed by atoms with Gasteiger partial charge in [-0.05, 0) is 5.54 Å². The Hall–Kier alpha value is -1.13. The van der Waals surface area contributed by atoms with Crippen LogP contribution in [0.2, 0.25) is 18.6 Å². The van der Waals surface area contributed by atoms with E-state index in [2.05, 4.69) is 44.3 Å². The van der Waals surface area contributed by atoms with Crippen LogP contribution >= 0.6 is 0 Å². The van der Waals surface area contributed by atoms with Crippen molar-refractivity contribution in [3.05, 3.63) is 30.3 Å². The number of hydrogen-bond acceptors (Lipinski definition) is 3. The Balaban J connectivity index is 3.00. The van der Waals surface area contributed by atoms with Crippen LogP contribution in [0, 0.1) is 5.92 Å². The van der Waals surface area contributed by atoms with Crippen LogP contribution in [-0.2, 0) is 14.3 Å². The van der Waals surface area contributed by atoms with Gasteiger partial charge in [0.05, 0.1) is 27.7 Å². The molecule has 1 aromatic rings. The molecule has 0 N–H and O–H groups in total. The lowest BCUT2D eigenvalue weighted by Crippen LogP contribution is -2.49. The van der Waals surface area contributed by atoms with E-state index in [0.717, 1.165) is 0 Å². The molecule has 1 aromatic carbocycles. The molecule has 0 radical (unpaired) electrons. The maximum absolute atomic E-state index is 11.9. The average molecular weight is 280 g/mol. The first kappa shape index (κ1) is 15.9. The summed E-state index contributed by atoms with van der Waals surface area (Å²) in [5.41, 5.74) is 0.252. The van der Waals surface area contributed by atoms with E-state index in [4.69, 9.17) is 9.47 Å². The number of benzene rings is 1. The molecule has 106 valence electrons. The molecule has 0 fully saturated rings. The molecule has 0 unspecified atom stereocenters. The van der Waals surface area contributed by atoms with E-state index in [1.54, 1.807) is 7.11 Å². The van der Waals surface area contributed by atoms with Crippen LogP contribution in [0.4, 0.5) is 0 Å². The second kappa shape index (κ2) is 6.87. The topological polar surface area (TPSA) is 35.5 Å². The number of ether oxygens (including phenoxy) is 2. The minimum absolute atomic E-state index is 0.175. The Labute approximate surface area is 116 Å². The maximum Gasteiger partial charge on any atom is 0.310 e. The Bertz CT molecular complexity index is 403. The summed E-state index contributed by atoms with van der Waals surface area (Å²) in [6.45, 7) is 7.13. The van der Waals surface area contributed by atoms with Gasteiger partial charge in [-0.1, -0.05) is 55.5 Å². The summed E-state index contributed by atoms with van der Waals surface area (Å²) in [6, 6.07) is 10.4. The molecule has 1 rings (SSSR count). The molecule has 0 spiro atoms. The Morgan fingerprint density at radius 1 is 1.21 bits per heavy atom. The van der Waals surface area contributed by atoms with Crippen molar-refractivity contribution >= 4 is 19.2 Å². The fourth-order valence-corrected chi connectivity index (χ4v) is 5.20. The van der Waals surface area contributed by atoms with Crippen molar-refractivity contribution in [2.45, 2.75) is 25.6 Å². The highest BCUT2D eigenvalue weighted by Crippen LogP contribution is 2.30. The fourth-order valence-electron chi connectivity index (χ4n) is 2.38. The summed E-state index contributed by atoms with van der Waals surface area (Å²) in [6.07, 6.45) is 0. The summed E-state index contributed by atoms with van der Waals surface area (Å²) in [5.74, 6) is -0.372. The van der Waals surface area contributed by atoms with Crippen LogP contribution in [0.5, 0.6) is 0 Å². The quantitative estimate of drug-likeness (QED) is 0.593. The van der Waals surface area contributed by atoms with E-state index in [1.165, 1.54) is 12.3 Å². The van der Waals surface area contributed by atoms with E-state index >= 15 is 0 Å². The predicted molar refractivity (Wildman–Crippen MR) is 80.4 cm³/mol. The summed E-state index contributed by atoms with van der Waals surface area (Å²) >= 11 is 0. The average Bonchev–Trinajstić information content (AvgIpc) is 2.44. The molecular weight excluding hydrogens is 256 g/mol. The third-order valence-electron chi connectivity index (χ3n) is 4.11. The van der Waals surface area contributed by atoms with Gasteiger partial charge in [0.1, 0.15) is 0 Å². The van der Waals surface area contributed by atoms with Gasteiger partial charge in [-0.2, -0.15) is 0 Å². The van der Waals surface area contributed by atoms with Crippen molar-refractivity contribution in [3.63, 3.8) is 0 Å². The van der Waals surface area contributed by atoms with Gasteiger partial charge in [0.15, 0.2) is 0 Å². The smallest absolute Gasteiger partial charge is 0.310 e.